The van der Waals surface area contributed by atoms with Gasteiger partial charge in [-0.05, 0) is 30.6 Å². The predicted molar refractivity (Wildman–Crippen MR) is 141 cm³/mol. The van der Waals surface area contributed by atoms with E-state index in [1.54, 1.807) is 20.8 Å². The van der Waals surface area contributed by atoms with E-state index in [-0.39, 0.29) is 18.8 Å². The van der Waals surface area contributed by atoms with E-state index in [1.807, 2.05) is 0 Å². The molecular weight excluding hydrogens is 514 g/mol. The number of carboxylic acids is 2. The number of esters is 1. The van der Waals surface area contributed by atoms with Crippen LogP contribution >= 0.6 is 0 Å². The molecule has 0 heterocycles. The van der Waals surface area contributed by atoms with Crippen LogP contribution in [0.4, 0.5) is 0 Å². The second kappa shape index (κ2) is 14.6. The minimum absolute atomic E-state index is 0.116. The van der Waals surface area contributed by atoms with Gasteiger partial charge in [-0.3, -0.25) is 24.0 Å². The summed E-state index contributed by atoms with van der Waals surface area (Å²) in [5.41, 5.74) is 23.1. The standard InChI is InChI=1S/C25H45N5O9/c1-7-13(6)18(29)20(34)24(30,23(37)38)25(21(35)17(28)12(4)5,19(33)15(27)10-11(2)3)39-22(36)14(26)8-9-16(31)32/h11-15,17-18H,7-10,26-30H2,1-6H3,(H,31,32)(H,37,38). The second-order valence-corrected chi connectivity index (χ2v) is 10.8. The Morgan fingerprint density at radius 3 is 1.69 bits per heavy atom. The molecule has 0 rings (SSSR count). The summed E-state index contributed by atoms with van der Waals surface area (Å²) in [6, 6.07) is -6.63. The molecule has 14 nitrogen and oxygen atoms in total. The highest BCUT2D eigenvalue weighted by Gasteiger charge is 2.72. The monoisotopic (exact) mass is 559 g/mol. The fourth-order valence-electron chi connectivity index (χ4n) is 3.93. The van der Waals surface area contributed by atoms with Crippen LogP contribution in [0.5, 0.6) is 0 Å². The third-order valence-corrected chi connectivity index (χ3v) is 6.84. The van der Waals surface area contributed by atoms with Gasteiger partial charge in [-0.2, -0.15) is 0 Å². The lowest BCUT2D eigenvalue weighted by Gasteiger charge is -2.45. The Balaban J connectivity index is 7.66. The lowest BCUT2D eigenvalue weighted by Crippen LogP contribution is -2.82. The molecule has 39 heavy (non-hydrogen) atoms. The van der Waals surface area contributed by atoms with Crippen LogP contribution in [0.2, 0.25) is 0 Å². The lowest BCUT2D eigenvalue weighted by atomic mass is 9.65. The van der Waals surface area contributed by atoms with E-state index in [1.165, 1.54) is 20.8 Å². The fraction of sp³-hybridized carbons (Fsp3) is 0.760. The van der Waals surface area contributed by atoms with Crippen LogP contribution in [0.3, 0.4) is 0 Å². The van der Waals surface area contributed by atoms with Crippen molar-refractivity contribution in [2.75, 3.05) is 0 Å². The minimum Gasteiger partial charge on any atom is -0.481 e. The van der Waals surface area contributed by atoms with Crippen molar-refractivity contribution in [2.24, 2.45) is 46.4 Å². The Hall–Kier alpha value is -2.78. The number of ether oxygens (including phenoxy) is 1. The van der Waals surface area contributed by atoms with Crippen LogP contribution in [-0.4, -0.2) is 80.8 Å². The summed E-state index contributed by atoms with van der Waals surface area (Å²) < 4.78 is 5.34. The van der Waals surface area contributed by atoms with Crippen molar-refractivity contribution in [1.82, 2.24) is 0 Å². The molecule has 7 unspecified atom stereocenters. The summed E-state index contributed by atoms with van der Waals surface area (Å²) in [6.45, 7) is 9.49. The van der Waals surface area contributed by atoms with Crippen LogP contribution in [0.15, 0.2) is 0 Å². The third-order valence-electron chi connectivity index (χ3n) is 6.84. The maximum Gasteiger partial charge on any atom is 0.336 e. The van der Waals surface area contributed by atoms with E-state index in [2.05, 4.69) is 0 Å². The summed E-state index contributed by atoms with van der Waals surface area (Å²) >= 11 is 0. The van der Waals surface area contributed by atoms with E-state index in [9.17, 15) is 33.9 Å². The number of Topliss-reactive ketones (excluding diaryl/α,β-unsaturated/α-hetero) is 3. The second-order valence-electron chi connectivity index (χ2n) is 10.8. The van der Waals surface area contributed by atoms with Gasteiger partial charge in [-0.25, -0.2) is 4.79 Å². The zero-order valence-electron chi connectivity index (χ0n) is 23.5. The van der Waals surface area contributed by atoms with Gasteiger partial charge in [-0.1, -0.05) is 48.0 Å². The number of carbonyl (C=O) groups excluding carboxylic acids is 4. The number of carbonyl (C=O) groups is 6. The summed E-state index contributed by atoms with van der Waals surface area (Å²) in [6.07, 6.45) is -0.940. The number of hydrogen-bond donors (Lipinski definition) is 7. The normalized spacial score (nSPS) is 18.7. The highest BCUT2D eigenvalue weighted by atomic mass is 16.6. The Morgan fingerprint density at radius 1 is 0.795 bits per heavy atom. The first-order valence-electron chi connectivity index (χ1n) is 12.9. The number of rotatable bonds is 18. The molecule has 0 aliphatic carbocycles. The highest BCUT2D eigenvalue weighted by molar-refractivity contribution is 6.28. The number of aliphatic carboxylic acids is 2. The van der Waals surface area contributed by atoms with Gasteiger partial charge in [0.05, 0.1) is 18.1 Å². The fourth-order valence-corrected chi connectivity index (χ4v) is 3.93. The SMILES string of the molecule is CCC(C)C(N)C(=O)C(N)(C(=O)O)C(OC(=O)C(N)CCC(=O)O)(C(=O)C(N)CC(C)C)C(=O)C(N)C(C)C. The van der Waals surface area contributed by atoms with E-state index in [0.717, 1.165) is 0 Å². The quantitative estimate of drug-likeness (QED) is 0.0757. The Morgan fingerprint density at radius 2 is 1.31 bits per heavy atom. The molecule has 0 aromatic carbocycles. The first-order valence-corrected chi connectivity index (χ1v) is 12.9. The minimum atomic E-state index is -3.57. The molecule has 0 aromatic rings. The first-order chi connectivity index (χ1) is 17.7. The summed E-state index contributed by atoms with van der Waals surface area (Å²) in [4.78, 5) is 78.8. The van der Waals surface area contributed by atoms with Crippen LogP contribution in [0.25, 0.3) is 0 Å². The van der Waals surface area contributed by atoms with Gasteiger partial charge in [0.1, 0.15) is 6.04 Å². The van der Waals surface area contributed by atoms with Crippen molar-refractivity contribution in [2.45, 2.75) is 103 Å². The molecule has 0 aliphatic heterocycles. The van der Waals surface area contributed by atoms with Crippen molar-refractivity contribution in [3.63, 3.8) is 0 Å². The smallest absolute Gasteiger partial charge is 0.336 e. The van der Waals surface area contributed by atoms with E-state index < -0.39 is 95.2 Å². The van der Waals surface area contributed by atoms with Gasteiger partial charge >= 0.3 is 17.9 Å². The maximum absolute atomic E-state index is 14.1. The van der Waals surface area contributed by atoms with Crippen molar-refractivity contribution in [3.05, 3.63) is 0 Å². The molecule has 0 bridgehead atoms. The van der Waals surface area contributed by atoms with E-state index in [4.69, 9.17) is 38.5 Å². The maximum atomic E-state index is 14.1. The summed E-state index contributed by atoms with van der Waals surface area (Å²) in [5.74, 6) is -11.1. The molecule has 12 N–H and O–H groups in total. The molecule has 0 saturated carbocycles. The Bertz CT molecular complexity index is 941. The van der Waals surface area contributed by atoms with Crippen LogP contribution in [-0.2, 0) is 33.5 Å². The number of ketones is 3. The van der Waals surface area contributed by atoms with Crippen molar-refractivity contribution < 1.29 is 43.7 Å². The highest BCUT2D eigenvalue weighted by Crippen LogP contribution is 2.35. The van der Waals surface area contributed by atoms with Gasteiger partial charge in [0.25, 0.3) is 5.60 Å². The molecule has 0 spiro atoms. The molecule has 0 amide bonds. The molecule has 0 fully saturated rings. The van der Waals surface area contributed by atoms with Crippen molar-refractivity contribution in [1.29, 1.82) is 0 Å². The van der Waals surface area contributed by atoms with Crippen LogP contribution < -0.4 is 28.7 Å². The van der Waals surface area contributed by atoms with Crippen molar-refractivity contribution in [3.8, 4) is 0 Å². The van der Waals surface area contributed by atoms with E-state index >= 15 is 0 Å². The zero-order chi connectivity index (χ0) is 31.0. The molecule has 224 valence electrons. The third kappa shape index (κ3) is 7.88. The van der Waals surface area contributed by atoms with Gasteiger partial charge in [-0.15, -0.1) is 0 Å². The Labute approximate surface area is 228 Å². The van der Waals surface area contributed by atoms with Gasteiger partial charge < -0.3 is 43.6 Å². The average molecular weight is 560 g/mol. The van der Waals surface area contributed by atoms with Gasteiger partial charge in [0, 0.05) is 6.42 Å². The number of carboxylic acid groups (broad SMARTS) is 2. The molecule has 14 heteroatoms. The predicted octanol–water partition coefficient (Wildman–Crippen LogP) is -1.32. The lowest BCUT2D eigenvalue weighted by molar-refractivity contribution is -0.191. The molecule has 7 atom stereocenters. The van der Waals surface area contributed by atoms with Crippen LogP contribution in [0, 0.1) is 17.8 Å². The molecule has 0 aromatic heterocycles. The number of nitrogens with two attached hydrogens (primary N) is 5. The average Bonchev–Trinajstić information content (AvgIpc) is 2.86. The Kier molecular flexibility index (Phi) is 13.5. The number of hydrogen-bond acceptors (Lipinski definition) is 12. The molecule has 0 saturated heterocycles. The topological polar surface area (TPSA) is 282 Å². The molecular formula is C25H45N5O9. The first kappa shape index (κ1) is 36.2. The van der Waals surface area contributed by atoms with Crippen molar-refractivity contribution >= 4 is 35.3 Å². The van der Waals surface area contributed by atoms with Gasteiger partial charge in [0.2, 0.25) is 17.1 Å². The van der Waals surface area contributed by atoms with E-state index in [0.29, 0.717) is 0 Å². The van der Waals surface area contributed by atoms with Crippen LogP contribution in [0.1, 0.15) is 67.2 Å². The zero-order valence-corrected chi connectivity index (χ0v) is 23.5. The molecule has 0 radical (unpaired) electrons. The summed E-state index contributed by atoms with van der Waals surface area (Å²) in [7, 11) is 0. The molecule has 0 aliphatic rings. The largest absolute Gasteiger partial charge is 0.481 e. The van der Waals surface area contributed by atoms with Gasteiger partial charge in [0.15, 0.2) is 5.78 Å². The summed E-state index contributed by atoms with van der Waals surface area (Å²) in [5, 5.41) is 19.3.